The predicted octanol–water partition coefficient (Wildman–Crippen LogP) is 0.134. The topological polar surface area (TPSA) is 127 Å². The SMILES string of the molecule is N=C(NS(=O)(=O)c1ccc(F)cn1)[C@@H]1CC[C@@H]2CN1C(=O)N2O. The van der Waals surface area contributed by atoms with Crippen molar-refractivity contribution >= 4 is 21.9 Å². The van der Waals surface area contributed by atoms with E-state index in [0.717, 1.165) is 18.3 Å². The lowest BCUT2D eigenvalue weighted by Gasteiger charge is -2.30. The van der Waals surface area contributed by atoms with Gasteiger partial charge in [-0.15, -0.1) is 0 Å². The summed E-state index contributed by atoms with van der Waals surface area (Å²) in [5.41, 5.74) is 0. The number of carbonyl (C=O) groups is 1. The maximum atomic E-state index is 12.8. The second-order valence-corrected chi connectivity index (χ2v) is 6.99. The van der Waals surface area contributed by atoms with E-state index < -0.39 is 38.8 Å². The van der Waals surface area contributed by atoms with Gasteiger partial charge in [0.15, 0.2) is 5.03 Å². The summed E-state index contributed by atoms with van der Waals surface area (Å²) in [6.45, 7) is 0.235. The van der Waals surface area contributed by atoms with E-state index in [2.05, 4.69) is 9.71 Å². The molecule has 0 unspecified atom stereocenters. The van der Waals surface area contributed by atoms with Crippen LogP contribution in [-0.4, -0.2) is 59.1 Å². The number of halogens is 1. The van der Waals surface area contributed by atoms with E-state index in [1.807, 2.05) is 0 Å². The Bertz CT molecular complexity index is 753. The molecule has 11 heteroatoms. The first-order valence-corrected chi connectivity index (χ1v) is 8.29. The van der Waals surface area contributed by atoms with Crippen LogP contribution in [0.5, 0.6) is 0 Å². The number of aromatic nitrogens is 1. The fraction of sp³-hybridized carbons (Fsp3) is 0.417. The van der Waals surface area contributed by atoms with E-state index in [4.69, 9.17) is 5.41 Å². The van der Waals surface area contributed by atoms with Crippen molar-refractivity contribution in [3.8, 4) is 0 Å². The van der Waals surface area contributed by atoms with Gasteiger partial charge in [0.1, 0.15) is 11.7 Å². The predicted molar refractivity (Wildman–Crippen MR) is 74.8 cm³/mol. The van der Waals surface area contributed by atoms with Gasteiger partial charge >= 0.3 is 6.03 Å². The minimum Gasteiger partial charge on any atom is -0.311 e. The molecule has 3 heterocycles. The van der Waals surface area contributed by atoms with Gasteiger partial charge in [-0.05, 0) is 25.0 Å². The smallest absolute Gasteiger partial charge is 0.311 e. The Morgan fingerprint density at radius 3 is 2.83 bits per heavy atom. The highest BCUT2D eigenvalue weighted by Crippen LogP contribution is 2.28. The van der Waals surface area contributed by atoms with Crippen LogP contribution in [-0.2, 0) is 10.0 Å². The highest BCUT2D eigenvalue weighted by atomic mass is 32.2. The van der Waals surface area contributed by atoms with Crippen molar-refractivity contribution in [2.75, 3.05) is 6.54 Å². The van der Waals surface area contributed by atoms with Crippen LogP contribution in [0.4, 0.5) is 9.18 Å². The largest absolute Gasteiger partial charge is 0.344 e. The van der Waals surface area contributed by atoms with Gasteiger partial charge in [-0.2, -0.15) is 8.42 Å². The Kier molecular flexibility index (Phi) is 3.68. The Hall–Kier alpha value is -2.27. The van der Waals surface area contributed by atoms with Crippen molar-refractivity contribution in [1.29, 1.82) is 5.41 Å². The molecule has 0 saturated carbocycles. The first kappa shape index (κ1) is 15.6. The maximum absolute atomic E-state index is 12.8. The standard InChI is InChI=1S/C12H14FN5O4S/c13-7-1-4-10(15-5-7)23(21,22)16-11(14)9-3-2-8-6-17(9)12(19)18(8)20/h1,4-5,8-9,20H,2-3,6H2,(H2,14,16)/t8-,9+/m1/s1. The number of hydrogen-bond donors (Lipinski definition) is 3. The Labute approximate surface area is 131 Å². The fourth-order valence-electron chi connectivity index (χ4n) is 2.74. The number of pyridine rings is 1. The maximum Gasteiger partial charge on any atom is 0.344 e. The van der Waals surface area contributed by atoms with Crippen LogP contribution >= 0.6 is 0 Å². The van der Waals surface area contributed by atoms with Gasteiger partial charge in [0.05, 0.1) is 18.3 Å². The second-order valence-electron chi connectivity index (χ2n) is 5.36. The van der Waals surface area contributed by atoms with Crippen LogP contribution in [0.25, 0.3) is 0 Å². The number of amidine groups is 1. The van der Waals surface area contributed by atoms with Crippen molar-refractivity contribution in [2.45, 2.75) is 30.0 Å². The molecule has 3 N–H and O–H groups in total. The number of urea groups is 1. The molecule has 2 aliphatic heterocycles. The fourth-order valence-corrected chi connectivity index (χ4v) is 3.71. The van der Waals surface area contributed by atoms with Gasteiger partial charge in [0.25, 0.3) is 10.0 Å². The minimum atomic E-state index is -4.14. The highest BCUT2D eigenvalue weighted by molar-refractivity contribution is 7.90. The Morgan fingerprint density at radius 2 is 2.17 bits per heavy atom. The van der Waals surface area contributed by atoms with Crippen LogP contribution in [0.15, 0.2) is 23.4 Å². The molecule has 3 rings (SSSR count). The van der Waals surface area contributed by atoms with E-state index in [1.54, 1.807) is 0 Å². The molecule has 0 aliphatic carbocycles. The average molecular weight is 343 g/mol. The molecule has 0 aromatic carbocycles. The average Bonchev–Trinajstić information content (AvgIpc) is 2.72. The summed E-state index contributed by atoms with van der Waals surface area (Å²) in [6.07, 6.45) is 1.57. The molecule has 23 heavy (non-hydrogen) atoms. The molecule has 1 aromatic heterocycles. The van der Waals surface area contributed by atoms with Gasteiger partial charge in [-0.25, -0.2) is 19.2 Å². The first-order valence-electron chi connectivity index (χ1n) is 6.81. The second kappa shape index (κ2) is 5.42. The third-order valence-corrected chi connectivity index (χ3v) is 5.18. The molecule has 2 amide bonds. The monoisotopic (exact) mass is 343 g/mol. The van der Waals surface area contributed by atoms with E-state index in [0.29, 0.717) is 17.9 Å². The molecule has 0 spiro atoms. The summed E-state index contributed by atoms with van der Waals surface area (Å²) in [7, 11) is -4.14. The van der Waals surface area contributed by atoms with Crippen molar-refractivity contribution in [1.82, 2.24) is 19.7 Å². The normalized spacial score (nSPS) is 24.0. The summed E-state index contributed by atoms with van der Waals surface area (Å²) in [5, 5.41) is 17.7. The molecule has 2 aliphatic rings. The molecule has 2 fully saturated rings. The van der Waals surface area contributed by atoms with Crippen LogP contribution in [0, 0.1) is 11.2 Å². The van der Waals surface area contributed by atoms with Gasteiger partial charge in [0, 0.05) is 6.54 Å². The van der Waals surface area contributed by atoms with Crippen molar-refractivity contribution in [3.63, 3.8) is 0 Å². The minimum absolute atomic E-state index is 0.235. The summed E-state index contributed by atoms with van der Waals surface area (Å²) in [5.74, 6) is -1.07. The van der Waals surface area contributed by atoms with Gasteiger partial charge < -0.3 is 4.90 Å². The number of fused-ring (bicyclic) bond motifs is 2. The molecule has 2 bridgehead atoms. The summed E-state index contributed by atoms with van der Waals surface area (Å²) in [4.78, 5) is 16.6. The molecule has 2 saturated heterocycles. The molecular weight excluding hydrogens is 329 g/mol. The Morgan fingerprint density at radius 1 is 1.43 bits per heavy atom. The van der Waals surface area contributed by atoms with Gasteiger partial charge in [-0.3, -0.25) is 15.3 Å². The number of piperidine rings is 1. The first-order chi connectivity index (χ1) is 10.8. The van der Waals surface area contributed by atoms with E-state index in [1.165, 1.54) is 4.90 Å². The zero-order valence-electron chi connectivity index (χ0n) is 11.8. The lowest BCUT2D eigenvalue weighted by Crippen LogP contribution is -2.50. The highest BCUT2D eigenvalue weighted by Gasteiger charge is 2.46. The lowest BCUT2D eigenvalue weighted by atomic mass is 10.0. The van der Waals surface area contributed by atoms with Crippen LogP contribution in [0.1, 0.15) is 12.8 Å². The van der Waals surface area contributed by atoms with Crippen LogP contribution < -0.4 is 4.72 Å². The van der Waals surface area contributed by atoms with Crippen molar-refractivity contribution in [2.24, 2.45) is 0 Å². The molecule has 0 radical (unpaired) electrons. The number of hydroxylamine groups is 2. The molecule has 9 nitrogen and oxygen atoms in total. The van der Waals surface area contributed by atoms with Gasteiger partial charge in [-0.1, -0.05) is 0 Å². The lowest BCUT2D eigenvalue weighted by molar-refractivity contribution is -0.0583. The molecule has 1 aromatic rings. The number of amides is 2. The van der Waals surface area contributed by atoms with Crippen LogP contribution in [0.2, 0.25) is 0 Å². The summed E-state index contributed by atoms with van der Waals surface area (Å²) >= 11 is 0. The number of rotatable bonds is 3. The van der Waals surface area contributed by atoms with E-state index in [-0.39, 0.29) is 12.6 Å². The quantitative estimate of drug-likeness (QED) is 0.408. The molecular formula is C12H14FN5O4S. The zero-order chi connectivity index (χ0) is 16.8. The number of nitrogens with one attached hydrogen (secondary N) is 2. The summed E-state index contributed by atoms with van der Waals surface area (Å²) < 4.78 is 39.2. The molecule has 2 atom stereocenters. The van der Waals surface area contributed by atoms with E-state index in [9.17, 15) is 22.8 Å². The third-order valence-electron chi connectivity index (χ3n) is 3.90. The zero-order valence-corrected chi connectivity index (χ0v) is 12.6. The van der Waals surface area contributed by atoms with Gasteiger partial charge in [0.2, 0.25) is 0 Å². The van der Waals surface area contributed by atoms with Crippen molar-refractivity contribution in [3.05, 3.63) is 24.1 Å². The van der Waals surface area contributed by atoms with Crippen LogP contribution in [0.3, 0.4) is 0 Å². The third kappa shape index (κ3) is 2.72. The number of nitrogens with zero attached hydrogens (tertiary/aromatic N) is 3. The molecule has 124 valence electrons. The number of carbonyl (C=O) groups excluding carboxylic acids is 1. The number of sulfonamides is 1. The number of hydrogen-bond acceptors (Lipinski definition) is 6. The van der Waals surface area contributed by atoms with Crippen molar-refractivity contribution < 1.29 is 22.8 Å². The Balaban J connectivity index is 1.76. The van der Waals surface area contributed by atoms with E-state index >= 15 is 0 Å². The summed E-state index contributed by atoms with van der Waals surface area (Å²) in [6, 6.07) is 0.178.